The summed E-state index contributed by atoms with van der Waals surface area (Å²) in [5.74, 6) is -2.02. The zero-order valence-corrected chi connectivity index (χ0v) is 22.5. The van der Waals surface area contributed by atoms with Crippen LogP contribution < -0.4 is 0 Å². The molecule has 0 unspecified atom stereocenters. The van der Waals surface area contributed by atoms with Gasteiger partial charge in [0.05, 0.1) is 10.5 Å². The number of sulfone groups is 1. The molecule has 0 spiro atoms. The fourth-order valence-corrected chi connectivity index (χ4v) is 7.88. The number of aliphatic hydroxyl groups is 1. The fraction of sp³-hybridized carbons (Fsp3) is 0.519. The first-order valence-corrected chi connectivity index (χ1v) is 14.2. The number of halogens is 8. The summed E-state index contributed by atoms with van der Waals surface area (Å²) in [6.45, 7) is 2.04. The van der Waals surface area contributed by atoms with Crippen molar-refractivity contribution in [1.29, 1.82) is 0 Å². The Morgan fingerprint density at radius 1 is 0.878 bits per heavy atom. The summed E-state index contributed by atoms with van der Waals surface area (Å²) in [5, 5.41) is 10.2. The molecule has 1 aliphatic carbocycles. The van der Waals surface area contributed by atoms with Gasteiger partial charge in [-0.2, -0.15) is 26.3 Å². The second kappa shape index (κ2) is 10.2. The lowest BCUT2D eigenvalue weighted by Crippen LogP contribution is -2.50. The smallest absolute Gasteiger partial charge is 0.390 e. The molecule has 14 heteroatoms. The van der Waals surface area contributed by atoms with Gasteiger partial charge in [-0.05, 0) is 68.9 Å². The summed E-state index contributed by atoms with van der Waals surface area (Å²) in [6, 6.07) is 5.61. The van der Waals surface area contributed by atoms with Crippen molar-refractivity contribution in [3.63, 3.8) is 0 Å². The summed E-state index contributed by atoms with van der Waals surface area (Å²) in [7, 11) is -4.51. The minimum absolute atomic E-state index is 0.0199. The molecule has 5 nitrogen and oxygen atoms in total. The van der Waals surface area contributed by atoms with Crippen LogP contribution in [0.15, 0.2) is 53.4 Å². The van der Waals surface area contributed by atoms with Crippen LogP contribution >= 0.6 is 0 Å². The number of likely N-dealkylation sites (tertiary alicyclic amines) is 1. The predicted molar refractivity (Wildman–Crippen MR) is 130 cm³/mol. The van der Waals surface area contributed by atoms with Crippen LogP contribution in [0.1, 0.15) is 50.2 Å². The molecule has 2 atom stereocenters. The highest BCUT2D eigenvalue weighted by atomic mass is 32.2. The van der Waals surface area contributed by atoms with Crippen molar-refractivity contribution in [2.45, 2.75) is 72.3 Å². The van der Waals surface area contributed by atoms with Crippen LogP contribution in [0.5, 0.6) is 0 Å². The SMILES string of the molecule is CC1(O)CCN(C(=O)[C@@H]2CC[C@](c3ccc(C(F)(C(F)(F)F)C(F)(F)F)cc3)(S(=O)(=O)c3ccc(F)cc3)C2)CC1. The zero-order valence-electron chi connectivity index (χ0n) is 21.7. The van der Waals surface area contributed by atoms with E-state index in [4.69, 9.17) is 0 Å². The van der Waals surface area contributed by atoms with Gasteiger partial charge in [-0.3, -0.25) is 4.79 Å². The Balaban J connectivity index is 1.77. The molecule has 1 amide bonds. The Bertz CT molecular complexity index is 1360. The van der Waals surface area contributed by atoms with Crippen LogP contribution in [-0.2, 0) is 25.0 Å². The average Bonchev–Trinajstić information content (AvgIpc) is 3.34. The Kier molecular flexibility index (Phi) is 7.77. The molecule has 0 radical (unpaired) electrons. The first-order chi connectivity index (χ1) is 18.8. The quantitative estimate of drug-likeness (QED) is 0.334. The number of carbonyl (C=O) groups is 1. The lowest BCUT2D eigenvalue weighted by Gasteiger charge is -2.37. The molecule has 2 aliphatic rings. The molecule has 0 aromatic heterocycles. The maximum Gasteiger partial charge on any atom is 0.435 e. The van der Waals surface area contributed by atoms with E-state index < -0.39 is 61.4 Å². The second-order valence-corrected chi connectivity index (χ2v) is 13.2. The summed E-state index contributed by atoms with van der Waals surface area (Å²) in [4.78, 5) is 14.5. The van der Waals surface area contributed by atoms with E-state index in [-0.39, 0.29) is 67.8 Å². The van der Waals surface area contributed by atoms with E-state index in [0.29, 0.717) is 12.1 Å². The Labute approximate surface area is 231 Å². The van der Waals surface area contributed by atoms with Crippen LogP contribution in [0.25, 0.3) is 0 Å². The van der Waals surface area contributed by atoms with Gasteiger partial charge < -0.3 is 10.0 Å². The summed E-state index contributed by atoms with van der Waals surface area (Å²) < 4.78 is 134. The number of benzene rings is 2. The molecular formula is C27H27F8NO4S. The van der Waals surface area contributed by atoms with Crippen LogP contribution in [0.4, 0.5) is 35.1 Å². The van der Waals surface area contributed by atoms with Gasteiger partial charge >= 0.3 is 18.0 Å². The van der Waals surface area contributed by atoms with Gasteiger partial charge in [0, 0.05) is 24.6 Å². The number of hydrogen-bond donors (Lipinski definition) is 1. The van der Waals surface area contributed by atoms with Crippen LogP contribution in [0, 0.1) is 11.7 Å². The number of rotatable bonds is 5. The highest BCUT2D eigenvalue weighted by Gasteiger charge is 2.73. The fourth-order valence-electron chi connectivity index (χ4n) is 5.68. The lowest BCUT2D eigenvalue weighted by atomic mass is 9.89. The highest BCUT2D eigenvalue weighted by Crippen LogP contribution is 2.55. The van der Waals surface area contributed by atoms with E-state index in [1.165, 1.54) is 4.90 Å². The maximum absolute atomic E-state index is 14.6. The highest BCUT2D eigenvalue weighted by molar-refractivity contribution is 7.92. The van der Waals surface area contributed by atoms with Crippen LogP contribution in [-0.4, -0.2) is 55.4 Å². The Morgan fingerprint density at radius 2 is 1.39 bits per heavy atom. The van der Waals surface area contributed by atoms with E-state index >= 15 is 0 Å². The number of alkyl halides is 7. The summed E-state index contributed by atoms with van der Waals surface area (Å²) in [6.07, 6.45) is -12.7. The molecule has 2 fully saturated rings. The van der Waals surface area contributed by atoms with E-state index in [0.717, 1.165) is 24.3 Å². The number of hydrogen-bond acceptors (Lipinski definition) is 4. The first kappa shape index (κ1) is 31.2. The molecule has 1 N–H and O–H groups in total. The van der Waals surface area contributed by atoms with Crippen LogP contribution in [0.3, 0.4) is 0 Å². The summed E-state index contributed by atoms with van der Waals surface area (Å²) in [5.41, 5.74) is -8.68. The topological polar surface area (TPSA) is 74.7 Å². The number of piperidine rings is 1. The van der Waals surface area contributed by atoms with Crippen LogP contribution in [0.2, 0.25) is 0 Å². The first-order valence-electron chi connectivity index (χ1n) is 12.7. The van der Waals surface area contributed by atoms with Crippen molar-refractivity contribution < 1.29 is 53.4 Å². The van der Waals surface area contributed by atoms with Crippen molar-refractivity contribution in [3.8, 4) is 0 Å². The van der Waals surface area contributed by atoms with Gasteiger partial charge in [0.25, 0.3) is 0 Å². The third-order valence-electron chi connectivity index (χ3n) is 8.20. The van der Waals surface area contributed by atoms with E-state index in [1.807, 2.05) is 0 Å². The Morgan fingerprint density at radius 3 is 1.88 bits per heavy atom. The molecule has 4 rings (SSSR count). The molecular weight excluding hydrogens is 586 g/mol. The van der Waals surface area contributed by atoms with E-state index in [9.17, 15) is 53.4 Å². The van der Waals surface area contributed by atoms with Crippen molar-refractivity contribution in [3.05, 3.63) is 65.5 Å². The predicted octanol–water partition coefficient (Wildman–Crippen LogP) is 5.96. The van der Waals surface area contributed by atoms with Crippen molar-refractivity contribution in [2.24, 2.45) is 5.92 Å². The monoisotopic (exact) mass is 613 g/mol. The largest absolute Gasteiger partial charge is 0.435 e. The molecule has 2 aromatic rings. The number of carbonyl (C=O) groups excluding carboxylic acids is 1. The van der Waals surface area contributed by atoms with Crippen molar-refractivity contribution >= 4 is 15.7 Å². The van der Waals surface area contributed by atoms with Gasteiger partial charge in [0.2, 0.25) is 5.91 Å². The van der Waals surface area contributed by atoms with Gasteiger partial charge in [0.15, 0.2) is 9.84 Å². The van der Waals surface area contributed by atoms with E-state index in [2.05, 4.69) is 0 Å². The third kappa shape index (κ3) is 5.33. The minimum Gasteiger partial charge on any atom is -0.390 e. The maximum atomic E-state index is 14.6. The molecule has 1 saturated heterocycles. The standard InChI is InChI=1S/C27H27F8NO4S/c1-23(38)12-14-36(15-13-23)22(37)17-10-11-24(16-17,41(39,40)21-8-6-20(28)7-9-21)18-2-4-19(5-3-18)25(29,26(30,31)32)27(33,34)35/h2-9,17,38H,10-16H2,1H3/t17-,24+/m1/s1. The summed E-state index contributed by atoms with van der Waals surface area (Å²) >= 11 is 0. The minimum atomic E-state index is -6.35. The number of nitrogens with zero attached hydrogens (tertiary/aromatic N) is 1. The van der Waals surface area contributed by atoms with Gasteiger partial charge in [-0.25, -0.2) is 17.2 Å². The van der Waals surface area contributed by atoms with Gasteiger partial charge in [-0.1, -0.05) is 24.3 Å². The second-order valence-electron chi connectivity index (χ2n) is 10.9. The van der Waals surface area contributed by atoms with Gasteiger partial charge in [0.1, 0.15) is 10.6 Å². The van der Waals surface area contributed by atoms with Crippen molar-refractivity contribution in [1.82, 2.24) is 4.90 Å². The lowest BCUT2D eigenvalue weighted by molar-refractivity contribution is -0.348. The molecule has 2 aromatic carbocycles. The Hall–Kier alpha value is -2.74. The normalized spacial score (nSPS) is 24.0. The average molecular weight is 614 g/mol. The molecule has 1 heterocycles. The third-order valence-corrected chi connectivity index (χ3v) is 10.7. The molecule has 1 aliphatic heterocycles. The van der Waals surface area contributed by atoms with Crippen molar-refractivity contribution in [2.75, 3.05) is 13.1 Å². The van der Waals surface area contributed by atoms with Gasteiger partial charge in [-0.15, -0.1) is 0 Å². The molecule has 226 valence electrons. The molecule has 41 heavy (non-hydrogen) atoms. The number of amides is 1. The van der Waals surface area contributed by atoms with E-state index in [1.54, 1.807) is 6.92 Å². The molecule has 0 bridgehead atoms. The zero-order chi connectivity index (χ0) is 30.6. The molecule has 1 saturated carbocycles.